The topological polar surface area (TPSA) is 26.0 Å². The number of nitrogens with two attached hydrogens (primary N) is 1. The molecular weight excluding hydrogens is 134 g/mol. The molecule has 0 spiro atoms. The van der Waals surface area contributed by atoms with E-state index in [2.05, 4.69) is 19.6 Å². The lowest BCUT2D eigenvalue weighted by atomic mass is 10.2. The Morgan fingerprint density at radius 1 is 1.55 bits per heavy atom. The molecule has 0 saturated heterocycles. The van der Waals surface area contributed by atoms with Gasteiger partial charge in [-0.2, -0.15) is 0 Å². The third-order valence-corrected chi connectivity index (χ3v) is 1.38. The van der Waals surface area contributed by atoms with E-state index >= 15 is 0 Å². The van der Waals surface area contributed by atoms with Crippen LogP contribution >= 0.6 is 0 Å². The molecule has 0 rings (SSSR count). The number of hydrogen-bond acceptors (Lipinski definition) is 1. The van der Waals surface area contributed by atoms with Gasteiger partial charge in [0.15, 0.2) is 0 Å². The maximum Gasteiger partial charge on any atom is 0.0307 e. The zero-order valence-electron chi connectivity index (χ0n) is 7.22. The quantitative estimate of drug-likeness (QED) is 0.474. The lowest BCUT2D eigenvalue weighted by molar-refractivity contribution is 0.815. The van der Waals surface area contributed by atoms with Gasteiger partial charge in [-0.15, -0.1) is 0 Å². The van der Waals surface area contributed by atoms with Gasteiger partial charge in [0, 0.05) is 5.70 Å². The Balaban J connectivity index is 3.50. The van der Waals surface area contributed by atoms with Crippen molar-refractivity contribution in [3.8, 4) is 0 Å². The Kier molecular flexibility index (Phi) is 6.50. The molecule has 0 aromatic heterocycles. The monoisotopic (exact) mass is 151 g/mol. The van der Waals surface area contributed by atoms with Crippen molar-refractivity contribution in [3.05, 3.63) is 36.6 Å². The lowest BCUT2D eigenvalue weighted by Gasteiger charge is -1.87. The van der Waals surface area contributed by atoms with Crippen molar-refractivity contribution < 1.29 is 0 Å². The second kappa shape index (κ2) is 7.13. The minimum atomic E-state index is 0.720. The largest absolute Gasteiger partial charge is 0.399 e. The van der Waals surface area contributed by atoms with Gasteiger partial charge < -0.3 is 5.73 Å². The molecule has 0 saturated carbocycles. The molecule has 0 unspecified atom stereocenters. The smallest absolute Gasteiger partial charge is 0.0307 e. The van der Waals surface area contributed by atoms with Gasteiger partial charge >= 0.3 is 0 Å². The normalized spacial score (nSPS) is 12.3. The molecule has 2 N–H and O–H groups in total. The van der Waals surface area contributed by atoms with Crippen molar-refractivity contribution in [1.29, 1.82) is 0 Å². The first-order chi connectivity index (χ1) is 5.31. The van der Waals surface area contributed by atoms with E-state index in [9.17, 15) is 0 Å². The molecule has 62 valence electrons. The lowest BCUT2D eigenvalue weighted by Crippen LogP contribution is -1.89. The number of unbranched alkanes of at least 4 members (excludes halogenated alkanes) is 2. The first-order valence-electron chi connectivity index (χ1n) is 4.06. The summed E-state index contributed by atoms with van der Waals surface area (Å²) in [6, 6.07) is 0. The molecule has 0 aromatic carbocycles. The Labute approximate surface area is 69.3 Å². The predicted molar refractivity (Wildman–Crippen MR) is 51.1 cm³/mol. The van der Waals surface area contributed by atoms with Crippen LogP contribution in [-0.4, -0.2) is 0 Å². The number of allylic oxidation sites excluding steroid dienone is 4. The van der Waals surface area contributed by atoms with Crippen LogP contribution in [0.15, 0.2) is 36.6 Å². The van der Waals surface area contributed by atoms with Crippen LogP contribution in [0.1, 0.15) is 26.2 Å². The highest BCUT2D eigenvalue weighted by Gasteiger charge is 1.77. The first kappa shape index (κ1) is 10.0. The summed E-state index contributed by atoms with van der Waals surface area (Å²) in [6.07, 6.45) is 11.2. The third kappa shape index (κ3) is 6.91. The van der Waals surface area contributed by atoms with Gasteiger partial charge in [0.25, 0.3) is 0 Å². The highest BCUT2D eigenvalue weighted by atomic mass is 14.5. The van der Waals surface area contributed by atoms with Crippen LogP contribution in [0.2, 0.25) is 0 Å². The van der Waals surface area contributed by atoms with Crippen LogP contribution in [0.3, 0.4) is 0 Å². The van der Waals surface area contributed by atoms with Gasteiger partial charge in [-0.1, -0.05) is 38.5 Å². The van der Waals surface area contributed by atoms with Crippen molar-refractivity contribution in [2.75, 3.05) is 0 Å². The minimum Gasteiger partial charge on any atom is -0.399 e. The number of rotatable bonds is 5. The summed E-state index contributed by atoms with van der Waals surface area (Å²) in [6.45, 7) is 5.73. The SMILES string of the molecule is C=C/C(N)=C\C=C/CCCC. The van der Waals surface area contributed by atoms with E-state index in [-0.39, 0.29) is 0 Å². The fourth-order valence-electron chi connectivity index (χ4n) is 0.665. The van der Waals surface area contributed by atoms with Crippen LogP contribution in [0, 0.1) is 0 Å². The van der Waals surface area contributed by atoms with Crippen molar-refractivity contribution in [3.63, 3.8) is 0 Å². The minimum absolute atomic E-state index is 0.720. The highest BCUT2D eigenvalue weighted by molar-refractivity contribution is 5.18. The fraction of sp³-hybridized carbons (Fsp3) is 0.400. The second-order valence-corrected chi connectivity index (χ2v) is 2.44. The highest BCUT2D eigenvalue weighted by Crippen LogP contribution is 1.95. The van der Waals surface area contributed by atoms with Gasteiger partial charge in [0.05, 0.1) is 0 Å². The van der Waals surface area contributed by atoms with Gasteiger partial charge in [-0.3, -0.25) is 0 Å². The van der Waals surface area contributed by atoms with Gasteiger partial charge in [-0.25, -0.2) is 0 Å². The Hall–Kier alpha value is -0.980. The Morgan fingerprint density at radius 2 is 2.27 bits per heavy atom. The molecule has 0 aliphatic heterocycles. The summed E-state index contributed by atoms with van der Waals surface area (Å²) >= 11 is 0. The van der Waals surface area contributed by atoms with E-state index in [1.165, 1.54) is 12.8 Å². The summed E-state index contributed by atoms with van der Waals surface area (Å²) in [7, 11) is 0. The predicted octanol–water partition coefficient (Wildman–Crippen LogP) is 2.76. The van der Waals surface area contributed by atoms with E-state index in [1.54, 1.807) is 6.08 Å². The average Bonchev–Trinajstić information content (AvgIpc) is 2.04. The molecular formula is C10H17N. The first-order valence-corrected chi connectivity index (χ1v) is 4.06. The summed E-state index contributed by atoms with van der Waals surface area (Å²) < 4.78 is 0. The van der Waals surface area contributed by atoms with Crippen LogP contribution in [0.25, 0.3) is 0 Å². The molecule has 0 radical (unpaired) electrons. The molecule has 0 aromatic rings. The van der Waals surface area contributed by atoms with E-state index in [0.29, 0.717) is 0 Å². The zero-order chi connectivity index (χ0) is 8.53. The molecule has 0 amide bonds. The van der Waals surface area contributed by atoms with Crippen LogP contribution in [-0.2, 0) is 0 Å². The molecule has 11 heavy (non-hydrogen) atoms. The zero-order valence-corrected chi connectivity index (χ0v) is 7.22. The molecule has 1 heteroatoms. The second-order valence-electron chi connectivity index (χ2n) is 2.44. The van der Waals surface area contributed by atoms with Crippen molar-refractivity contribution in [2.24, 2.45) is 5.73 Å². The molecule has 0 heterocycles. The van der Waals surface area contributed by atoms with E-state index in [4.69, 9.17) is 5.73 Å². The fourth-order valence-corrected chi connectivity index (χ4v) is 0.665. The molecule has 0 aliphatic carbocycles. The van der Waals surface area contributed by atoms with Crippen molar-refractivity contribution in [2.45, 2.75) is 26.2 Å². The van der Waals surface area contributed by atoms with Crippen LogP contribution in [0.4, 0.5) is 0 Å². The third-order valence-electron chi connectivity index (χ3n) is 1.38. The molecule has 1 nitrogen and oxygen atoms in total. The van der Waals surface area contributed by atoms with Gasteiger partial charge in [0.2, 0.25) is 0 Å². The summed E-state index contributed by atoms with van der Waals surface area (Å²) in [5.41, 5.74) is 6.20. The molecule has 0 atom stereocenters. The van der Waals surface area contributed by atoms with Crippen molar-refractivity contribution >= 4 is 0 Å². The number of hydrogen-bond donors (Lipinski definition) is 1. The summed E-state index contributed by atoms with van der Waals surface area (Å²) in [5.74, 6) is 0. The standard InChI is InChI=1S/C10H17N/c1-3-5-6-7-8-9-10(11)4-2/h4,7-9H,2-3,5-6,11H2,1H3/b8-7-,10-9+. The van der Waals surface area contributed by atoms with Crippen LogP contribution in [0.5, 0.6) is 0 Å². The Morgan fingerprint density at radius 3 is 2.82 bits per heavy atom. The summed E-state index contributed by atoms with van der Waals surface area (Å²) in [4.78, 5) is 0. The average molecular weight is 151 g/mol. The van der Waals surface area contributed by atoms with E-state index in [0.717, 1.165) is 12.1 Å². The van der Waals surface area contributed by atoms with Crippen LogP contribution < -0.4 is 5.73 Å². The maximum atomic E-state index is 5.48. The van der Waals surface area contributed by atoms with Gasteiger partial charge in [0.1, 0.15) is 0 Å². The van der Waals surface area contributed by atoms with Gasteiger partial charge in [-0.05, 0) is 18.6 Å². The Bertz CT molecular complexity index is 154. The van der Waals surface area contributed by atoms with E-state index < -0.39 is 0 Å². The molecule has 0 aliphatic rings. The molecule has 0 bridgehead atoms. The maximum absolute atomic E-state index is 5.48. The van der Waals surface area contributed by atoms with E-state index in [1.807, 2.05) is 12.2 Å². The summed E-state index contributed by atoms with van der Waals surface area (Å²) in [5, 5.41) is 0. The molecule has 0 fully saturated rings. The van der Waals surface area contributed by atoms with Crippen molar-refractivity contribution in [1.82, 2.24) is 0 Å².